The molecule has 0 spiro atoms. The van der Waals surface area contributed by atoms with E-state index in [1.165, 1.54) is 27.8 Å². The fourth-order valence-electron chi connectivity index (χ4n) is 1.41. The van der Waals surface area contributed by atoms with Gasteiger partial charge >= 0.3 is 21.7 Å². The molecular weight excluding hydrogens is 310 g/mol. The molecule has 0 aliphatic rings. The van der Waals surface area contributed by atoms with Crippen molar-refractivity contribution in [2.75, 3.05) is 0 Å². The van der Waals surface area contributed by atoms with Gasteiger partial charge in [0.25, 0.3) is 0 Å². The Labute approximate surface area is 133 Å². The van der Waals surface area contributed by atoms with Crippen LogP contribution in [0.15, 0.2) is 0 Å². The van der Waals surface area contributed by atoms with Crippen LogP contribution < -0.4 is 49.6 Å². The van der Waals surface area contributed by atoms with E-state index < -0.39 is 0 Å². The Bertz CT molecular complexity index is 189. The zero-order chi connectivity index (χ0) is 7.89. The summed E-state index contributed by atoms with van der Waals surface area (Å²) >= 11 is 0. The van der Waals surface area contributed by atoms with Crippen molar-refractivity contribution in [2.24, 2.45) is 0 Å². The Kier molecular flexibility index (Phi) is 23.3. The predicted molar refractivity (Wildman–Crippen MR) is 45.7 cm³/mol. The summed E-state index contributed by atoms with van der Waals surface area (Å²) in [6.07, 6.45) is 0. The summed E-state index contributed by atoms with van der Waals surface area (Å²) in [5, 5.41) is 0. The third-order valence-electron chi connectivity index (χ3n) is 2.81. The second-order valence-corrected chi connectivity index (χ2v) is 3.12. The summed E-state index contributed by atoms with van der Waals surface area (Å²) in [6, 6.07) is 0. The van der Waals surface area contributed by atoms with Crippen molar-refractivity contribution in [1.29, 1.82) is 0 Å². The predicted octanol–water partition coefficient (Wildman–Crippen LogP) is -9.04. The van der Waals surface area contributed by atoms with Crippen LogP contribution in [0.25, 0.3) is 0 Å². The maximum absolute atomic E-state index is 2.20. The maximum Gasteiger partial charge on any atom is 4.00 e. The van der Waals surface area contributed by atoms with Crippen LogP contribution in [0.2, 0.25) is 0 Å². The average molecular weight is 325 g/mol. The molecule has 0 bridgehead atoms. The van der Waals surface area contributed by atoms with Gasteiger partial charge in [0.1, 0.15) is 0 Å². The van der Waals surface area contributed by atoms with Crippen LogP contribution in [0.5, 0.6) is 0 Å². The Morgan fingerprint density at radius 1 is 0.667 bits per heavy atom. The van der Waals surface area contributed by atoms with Crippen LogP contribution in [-0.2, 0) is 21.7 Å². The molecule has 88 valence electrons. The third kappa shape index (κ3) is 5.91. The molecule has 0 unspecified atom stereocenters. The molecule has 1 aromatic rings. The number of rotatable bonds is 0. The standard InChI is InChI=1S/C10H15.4ClH.Ti/c1-6-7(2)9(4)10(5)8(6)3;;;;;/h1-5H3;4*1H;/q-1;;;;;+4/p-4. The third-order valence-corrected chi connectivity index (χ3v) is 2.81. The molecule has 0 amide bonds. The molecule has 0 aliphatic heterocycles. The first-order valence-corrected chi connectivity index (χ1v) is 3.75. The van der Waals surface area contributed by atoms with Crippen molar-refractivity contribution in [2.45, 2.75) is 34.6 Å². The quantitative estimate of drug-likeness (QED) is 0.328. The van der Waals surface area contributed by atoms with Crippen molar-refractivity contribution < 1.29 is 71.3 Å². The summed E-state index contributed by atoms with van der Waals surface area (Å²) in [6.45, 7) is 11.0. The topological polar surface area (TPSA) is 0 Å². The zero-order valence-corrected chi connectivity index (χ0v) is 14.1. The van der Waals surface area contributed by atoms with Crippen molar-refractivity contribution >= 4 is 0 Å². The number of hydrogen-bond acceptors (Lipinski definition) is 0. The molecule has 0 radical (unpaired) electrons. The molecule has 0 fully saturated rings. The largest absolute Gasteiger partial charge is 4.00 e. The van der Waals surface area contributed by atoms with E-state index in [0.29, 0.717) is 0 Å². The molecule has 0 aromatic heterocycles. The van der Waals surface area contributed by atoms with E-state index in [0.717, 1.165) is 0 Å². The van der Waals surface area contributed by atoms with Gasteiger partial charge in [-0.2, -0.15) is 27.8 Å². The summed E-state index contributed by atoms with van der Waals surface area (Å²) in [5.74, 6) is 0. The van der Waals surface area contributed by atoms with E-state index in [-0.39, 0.29) is 71.3 Å². The Balaban J connectivity index is -0.0000000667. The Hall–Kier alpha value is 1.22. The van der Waals surface area contributed by atoms with Gasteiger partial charge in [-0.3, -0.25) is 0 Å². The van der Waals surface area contributed by atoms with Crippen molar-refractivity contribution in [3.63, 3.8) is 0 Å². The molecule has 1 aromatic carbocycles. The van der Waals surface area contributed by atoms with Crippen LogP contribution in [0.3, 0.4) is 0 Å². The van der Waals surface area contributed by atoms with Crippen LogP contribution >= 0.6 is 0 Å². The van der Waals surface area contributed by atoms with Gasteiger partial charge in [-0.25, -0.2) is 0 Å². The van der Waals surface area contributed by atoms with Crippen LogP contribution in [0, 0.1) is 34.6 Å². The molecule has 0 saturated carbocycles. The molecule has 5 heteroatoms. The van der Waals surface area contributed by atoms with E-state index in [9.17, 15) is 0 Å². The van der Waals surface area contributed by atoms with Crippen molar-refractivity contribution in [3.05, 3.63) is 27.8 Å². The van der Waals surface area contributed by atoms with Crippen LogP contribution in [-0.4, -0.2) is 0 Å². The van der Waals surface area contributed by atoms with E-state index in [1.807, 2.05) is 0 Å². The Morgan fingerprint density at radius 2 is 0.867 bits per heavy atom. The smallest absolute Gasteiger partial charge is 1.00 e. The number of halogens is 4. The zero-order valence-electron chi connectivity index (χ0n) is 9.51. The van der Waals surface area contributed by atoms with Gasteiger partial charge in [-0.1, -0.05) is 34.6 Å². The second-order valence-electron chi connectivity index (χ2n) is 3.12. The normalized spacial score (nSPS) is 7.00. The first-order valence-electron chi connectivity index (χ1n) is 3.75. The van der Waals surface area contributed by atoms with E-state index in [2.05, 4.69) is 34.6 Å². The van der Waals surface area contributed by atoms with Crippen LogP contribution in [0.4, 0.5) is 0 Å². The van der Waals surface area contributed by atoms with Gasteiger partial charge in [0.2, 0.25) is 0 Å². The average Bonchev–Trinajstić information content (AvgIpc) is 2.07. The number of hydrogen-bond donors (Lipinski definition) is 0. The van der Waals surface area contributed by atoms with Gasteiger partial charge < -0.3 is 49.6 Å². The van der Waals surface area contributed by atoms with Crippen molar-refractivity contribution in [3.8, 4) is 0 Å². The molecule has 15 heavy (non-hydrogen) atoms. The van der Waals surface area contributed by atoms with E-state index >= 15 is 0 Å². The molecule has 0 nitrogen and oxygen atoms in total. The minimum atomic E-state index is 0. The summed E-state index contributed by atoms with van der Waals surface area (Å²) in [5.41, 5.74) is 7.34. The maximum atomic E-state index is 2.20. The second kappa shape index (κ2) is 11.7. The van der Waals surface area contributed by atoms with Gasteiger partial charge in [0, 0.05) is 0 Å². The molecule has 0 saturated heterocycles. The first kappa shape index (κ1) is 29.8. The van der Waals surface area contributed by atoms with Crippen LogP contribution in [0.1, 0.15) is 27.8 Å². The summed E-state index contributed by atoms with van der Waals surface area (Å²) in [7, 11) is 0. The summed E-state index contributed by atoms with van der Waals surface area (Å²) in [4.78, 5) is 0. The minimum absolute atomic E-state index is 0. The van der Waals surface area contributed by atoms with Gasteiger partial charge in [-0.15, -0.1) is 0 Å². The van der Waals surface area contributed by atoms with Gasteiger partial charge in [0.15, 0.2) is 0 Å². The van der Waals surface area contributed by atoms with Crippen molar-refractivity contribution in [1.82, 2.24) is 0 Å². The van der Waals surface area contributed by atoms with E-state index in [4.69, 9.17) is 0 Å². The molecular formula is C10H15Cl4Ti-. The summed E-state index contributed by atoms with van der Waals surface area (Å²) < 4.78 is 0. The fourth-order valence-corrected chi connectivity index (χ4v) is 1.41. The van der Waals surface area contributed by atoms with E-state index in [1.54, 1.807) is 0 Å². The first-order chi connectivity index (χ1) is 4.55. The molecule has 0 aliphatic carbocycles. The van der Waals surface area contributed by atoms with Gasteiger partial charge in [0.05, 0.1) is 0 Å². The van der Waals surface area contributed by atoms with Gasteiger partial charge in [-0.05, 0) is 0 Å². The fraction of sp³-hybridized carbons (Fsp3) is 0.500. The molecule has 1 rings (SSSR count). The minimum Gasteiger partial charge on any atom is -1.00 e. The molecule has 0 heterocycles. The monoisotopic (exact) mass is 323 g/mol. The SMILES string of the molecule is Cc1c(C)c(C)[c-](C)c1C.[Cl-].[Cl-].[Cl-].[Cl-].[Ti+4]. The Morgan fingerprint density at radius 3 is 0.933 bits per heavy atom. The molecule has 0 N–H and O–H groups in total. The molecule has 0 atom stereocenters.